The fraction of sp³-hybridized carbons (Fsp3) is 0.286. The Balaban J connectivity index is 1.39. The molecule has 2 aromatic rings. The summed E-state index contributed by atoms with van der Waals surface area (Å²) in [6.07, 6.45) is 2.16. The summed E-state index contributed by atoms with van der Waals surface area (Å²) < 4.78 is 6.53. The monoisotopic (exact) mass is 471 g/mol. The van der Waals surface area contributed by atoms with Crippen LogP contribution < -0.4 is 15.5 Å². The quantitative estimate of drug-likeness (QED) is 0.676. The third-order valence-corrected chi connectivity index (χ3v) is 5.51. The zero-order valence-corrected chi connectivity index (χ0v) is 18.0. The Morgan fingerprint density at radius 3 is 2.80 bits per heavy atom. The lowest BCUT2D eigenvalue weighted by molar-refractivity contribution is -0.139. The predicted molar refractivity (Wildman–Crippen MR) is 117 cm³/mol. The highest BCUT2D eigenvalue weighted by Crippen LogP contribution is 2.30. The summed E-state index contributed by atoms with van der Waals surface area (Å²) in [6, 6.07) is 14.8. The van der Waals surface area contributed by atoms with E-state index < -0.39 is 6.04 Å². The summed E-state index contributed by atoms with van der Waals surface area (Å²) in [6.45, 7) is 2.21. The smallest absolute Gasteiger partial charge is 0.267 e. The van der Waals surface area contributed by atoms with E-state index in [2.05, 4.69) is 31.8 Å². The van der Waals surface area contributed by atoms with E-state index in [1.165, 1.54) is 5.01 Å². The third-order valence-electron chi connectivity index (χ3n) is 4.98. The Bertz CT molecular complexity index is 965. The molecule has 2 heterocycles. The summed E-state index contributed by atoms with van der Waals surface area (Å²) in [5.74, 6) is 0.0414. The number of fused-ring (bicyclic) bond motifs is 1. The van der Waals surface area contributed by atoms with E-state index in [1.54, 1.807) is 23.5 Å². The standard InChI is InChI=1S/C21H22BrN5O3/c1-2-30-19-6-4-3-5-16(19)24-20(28)12-26-21(29)18-11-17(25-27(18)13-23-26)14-7-9-15(22)10-8-14/h3-10,13,17-18,25H,2,11-12H2,1H3,(H,24,28). The minimum Gasteiger partial charge on any atom is -0.492 e. The average molecular weight is 472 g/mol. The second-order valence-corrected chi connectivity index (χ2v) is 7.91. The van der Waals surface area contributed by atoms with Crippen LogP contribution in [0, 0.1) is 0 Å². The van der Waals surface area contributed by atoms with Crippen molar-refractivity contribution in [2.45, 2.75) is 25.4 Å². The molecule has 156 valence electrons. The van der Waals surface area contributed by atoms with Gasteiger partial charge in [-0.3, -0.25) is 14.6 Å². The first-order valence-electron chi connectivity index (χ1n) is 9.72. The van der Waals surface area contributed by atoms with E-state index in [4.69, 9.17) is 4.74 Å². The lowest BCUT2D eigenvalue weighted by atomic mass is 10.0. The van der Waals surface area contributed by atoms with Gasteiger partial charge in [-0.15, -0.1) is 0 Å². The second kappa shape index (κ2) is 8.85. The lowest BCUT2D eigenvalue weighted by Gasteiger charge is -2.29. The minimum absolute atomic E-state index is 0.00495. The highest BCUT2D eigenvalue weighted by atomic mass is 79.9. The van der Waals surface area contributed by atoms with Gasteiger partial charge >= 0.3 is 0 Å². The van der Waals surface area contributed by atoms with Crippen LogP contribution in [0.1, 0.15) is 24.9 Å². The molecular weight excluding hydrogens is 450 g/mol. The number of hydrogen-bond acceptors (Lipinski definition) is 6. The van der Waals surface area contributed by atoms with Crippen LogP contribution in [0.15, 0.2) is 58.1 Å². The van der Waals surface area contributed by atoms with E-state index in [9.17, 15) is 9.59 Å². The van der Waals surface area contributed by atoms with Gasteiger partial charge in [-0.05, 0) is 43.2 Å². The molecular formula is C21H22BrN5O3. The fourth-order valence-corrected chi connectivity index (χ4v) is 3.81. The van der Waals surface area contributed by atoms with Gasteiger partial charge in [-0.1, -0.05) is 40.2 Å². The summed E-state index contributed by atoms with van der Waals surface area (Å²) >= 11 is 3.43. The normalized spacial score (nSPS) is 20.3. The average Bonchev–Trinajstić information content (AvgIpc) is 3.17. The topological polar surface area (TPSA) is 86.3 Å². The van der Waals surface area contributed by atoms with Crippen molar-refractivity contribution in [1.29, 1.82) is 0 Å². The molecule has 0 bridgehead atoms. The van der Waals surface area contributed by atoms with E-state index in [0.717, 1.165) is 10.0 Å². The van der Waals surface area contributed by atoms with Crippen molar-refractivity contribution in [2.75, 3.05) is 18.5 Å². The number of carbonyl (C=O) groups excluding carboxylic acids is 2. The first kappa shape index (κ1) is 20.4. The number of hydrazone groups is 1. The molecule has 2 amide bonds. The number of nitrogens with one attached hydrogen (secondary N) is 2. The molecule has 0 aliphatic carbocycles. The lowest BCUT2D eigenvalue weighted by Crippen LogP contribution is -2.52. The highest BCUT2D eigenvalue weighted by molar-refractivity contribution is 9.10. The molecule has 2 aliphatic rings. The molecule has 1 saturated heterocycles. The maximum absolute atomic E-state index is 12.9. The molecule has 8 nitrogen and oxygen atoms in total. The van der Waals surface area contributed by atoms with Gasteiger partial charge in [0.2, 0.25) is 5.91 Å². The van der Waals surface area contributed by atoms with Gasteiger partial charge in [-0.25, -0.2) is 10.4 Å². The number of amides is 2. The number of ether oxygens (including phenoxy) is 1. The number of rotatable bonds is 6. The Morgan fingerprint density at radius 2 is 2.03 bits per heavy atom. The van der Waals surface area contributed by atoms with E-state index in [-0.39, 0.29) is 24.4 Å². The van der Waals surface area contributed by atoms with Gasteiger partial charge < -0.3 is 10.1 Å². The third kappa shape index (κ3) is 4.31. The number of carbonyl (C=O) groups is 2. The van der Waals surface area contributed by atoms with Crippen LogP contribution in [0.3, 0.4) is 0 Å². The molecule has 2 unspecified atom stereocenters. The van der Waals surface area contributed by atoms with Gasteiger partial charge in [0.1, 0.15) is 24.7 Å². The Kier molecular flexibility index (Phi) is 6.01. The molecule has 0 aromatic heterocycles. The second-order valence-electron chi connectivity index (χ2n) is 7.00. The molecule has 2 atom stereocenters. The van der Waals surface area contributed by atoms with Crippen molar-refractivity contribution < 1.29 is 14.3 Å². The van der Waals surface area contributed by atoms with E-state index in [1.807, 2.05) is 43.3 Å². The number of hydrazine groups is 1. The van der Waals surface area contributed by atoms with Crippen LogP contribution in [-0.4, -0.2) is 47.4 Å². The highest BCUT2D eigenvalue weighted by Gasteiger charge is 2.41. The maximum atomic E-state index is 12.9. The van der Waals surface area contributed by atoms with Crippen LogP contribution in [0.25, 0.3) is 0 Å². The zero-order valence-electron chi connectivity index (χ0n) is 16.4. The summed E-state index contributed by atoms with van der Waals surface area (Å²) in [4.78, 5) is 25.4. The summed E-state index contributed by atoms with van der Waals surface area (Å²) in [5, 5.41) is 9.89. The SMILES string of the molecule is CCOc1ccccc1NC(=O)CN1N=CN2NC(c3ccc(Br)cc3)CC2C1=O. The molecule has 0 saturated carbocycles. The van der Waals surface area contributed by atoms with Crippen molar-refractivity contribution in [3.63, 3.8) is 0 Å². The number of anilines is 1. The Hall–Kier alpha value is -2.91. The van der Waals surface area contributed by atoms with Gasteiger partial charge in [0.25, 0.3) is 5.91 Å². The van der Waals surface area contributed by atoms with Crippen LogP contribution in [-0.2, 0) is 9.59 Å². The van der Waals surface area contributed by atoms with Crippen LogP contribution >= 0.6 is 15.9 Å². The molecule has 0 radical (unpaired) electrons. The van der Waals surface area contributed by atoms with Gasteiger partial charge in [0.15, 0.2) is 0 Å². The first-order chi connectivity index (χ1) is 14.5. The maximum Gasteiger partial charge on any atom is 0.267 e. The number of benzene rings is 2. The number of para-hydroxylation sites is 2. The van der Waals surface area contributed by atoms with Crippen molar-refractivity contribution in [1.82, 2.24) is 15.4 Å². The summed E-state index contributed by atoms with van der Waals surface area (Å²) in [7, 11) is 0. The molecule has 30 heavy (non-hydrogen) atoms. The molecule has 9 heteroatoms. The predicted octanol–water partition coefficient (Wildman–Crippen LogP) is 2.89. The molecule has 2 aromatic carbocycles. The molecule has 1 fully saturated rings. The van der Waals surface area contributed by atoms with E-state index >= 15 is 0 Å². The zero-order chi connectivity index (χ0) is 21.1. The molecule has 2 aliphatic heterocycles. The Morgan fingerprint density at radius 1 is 1.27 bits per heavy atom. The van der Waals surface area contributed by atoms with Crippen LogP contribution in [0.4, 0.5) is 5.69 Å². The molecule has 2 N–H and O–H groups in total. The van der Waals surface area contributed by atoms with Crippen molar-refractivity contribution in [3.05, 3.63) is 58.6 Å². The Labute approximate surface area is 183 Å². The van der Waals surface area contributed by atoms with Gasteiger partial charge in [0.05, 0.1) is 18.3 Å². The first-order valence-corrected chi connectivity index (χ1v) is 10.5. The van der Waals surface area contributed by atoms with Crippen molar-refractivity contribution in [3.8, 4) is 5.75 Å². The fourth-order valence-electron chi connectivity index (χ4n) is 3.54. The van der Waals surface area contributed by atoms with Crippen LogP contribution in [0.5, 0.6) is 5.75 Å². The van der Waals surface area contributed by atoms with Crippen molar-refractivity contribution in [2.24, 2.45) is 5.10 Å². The molecule has 4 rings (SSSR count). The number of hydrogen-bond donors (Lipinski definition) is 2. The van der Waals surface area contributed by atoms with E-state index in [0.29, 0.717) is 24.5 Å². The summed E-state index contributed by atoms with van der Waals surface area (Å²) in [5.41, 5.74) is 4.95. The largest absolute Gasteiger partial charge is 0.492 e. The van der Waals surface area contributed by atoms with Gasteiger partial charge in [0, 0.05) is 4.47 Å². The number of nitrogens with zero attached hydrogens (tertiary/aromatic N) is 3. The van der Waals surface area contributed by atoms with Gasteiger partial charge in [-0.2, -0.15) is 5.10 Å². The van der Waals surface area contributed by atoms with Crippen LogP contribution in [0.2, 0.25) is 0 Å². The number of halogens is 1. The minimum atomic E-state index is -0.403. The van der Waals surface area contributed by atoms with Crippen molar-refractivity contribution >= 4 is 39.8 Å². The molecule has 0 spiro atoms.